The van der Waals surface area contributed by atoms with Gasteiger partial charge in [-0.2, -0.15) is 0 Å². The minimum Gasteiger partial charge on any atom is -0.444 e. The van der Waals surface area contributed by atoms with Gasteiger partial charge in [-0.15, -0.1) is 0 Å². The van der Waals surface area contributed by atoms with Crippen molar-refractivity contribution in [2.75, 3.05) is 37.0 Å². The second-order valence-corrected chi connectivity index (χ2v) is 12.0. The van der Waals surface area contributed by atoms with Crippen molar-refractivity contribution in [2.24, 2.45) is 5.92 Å². The third-order valence-corrected chi connectivity index (χ3v) is 8.05. The van der Waals surface area contributed by atoms with Crippen molar-refractivity contribution >= 4 is 35.0 Å². The summed E-state index contributed by atoms with van der Waals surface area (Å²) in [6.07, 6.45) is 3.89. The molecule has 2 amide bonds. The Labute approximate surface area is 232 Å². The number of ether oxygens (including phenoxy) is 1. The van der Waals surface area contributed by atoms with Crippen LogP contribution in [-0.2, 0) is 9.53 Å². The summed E-state index contributed by atoms with van der Waals surface area (Å²) < 4.78 is 20.7. The van der Waals surface area contributed by atoms with Crippen molar-refractivity contribution in [2.45, 2.75) is 70.4 Å². The van der Waals surface area contributed by atoms with Crippen LogP contribution in [0.3, 0.4) is 0 Å². The van der Waals surface area contributed by atoms with E-state index in [1.165, 1.54) is 11.6 Å². The topological polar surface area (TPSA) is 53.1 Å². The number of likely N-dealkylation sites (N-methyl/N-ethyl adjacent to an activating group) is 1. The molecular weight excluding hydrogens is 505 g/mol. The molecule has 0 radical (unpaired) electrons. The Morgan fingerprint density at radius 3 is 2.29 bits per heavy atom. The van der Waals surface area contributed by atoms with Gasteiger partial charge in [-0.05, 0) is 94.7 Å². The van der Waals surface area contributed by atoms with Gasteiger partial charge in [-0.25, -0.2) is 9.18 Å². The first-order chi connectivity index (χ1) is 17.9. The van der Waals surface area contributed by atoms with Crippen LogP contribution in [0.2, 0.25) is 5.02 Å². The second-order valence-electron chi connectivity index (χ2n) is 11.6. The average Bonchev–Trinajstić information content (AvgIpc) is 3.37. The number of halogens is 2. The summed E-state index contributed by atoms with van der Waals surface area (Å²) in [4.78, 5) is 30.8. The molecule has 0 aromatic heterocycles. The number of hydrogen-bond acceptors (Lipinski definition) is 4. The maximum Gasteiger partial charge on any atom is 0.410 e. The largest absolute Gasteiger partial charge is 0.444 e. The number of anilines is 2. The number of rotatable bonds is 5. The first-order valence-electron chi connectivity index (χ1n) is 13.5. The molecule has 1 saturated heterocycles. The van der Waals surface area contributed by atoms with E-state index in [9.17, 15) is 9.59 Å². The predicted octanol–water partition coefficient (Wildman–Crippen LogP) is 7.11. The van der Waals surface area contributed by atoms with Crippen LogP contribution in [0.25, 0.3) is 0 Å². The van der Waals surface area contributed by atoms with E-state index in [-0.39, 0.29) is 31.2 Å². The average molecular weight is 546 g/mol. The van der Waals surface area contributed by atoms with Crippen LogP contribution in [0.1, 0.15) is 65.8 Å². The molecule has 1 aliphatic heterocycles. The van der Waals surface area contributed by atoms with Gasteiger partial charge in [0.2, 0.25) is 5.91 Å². The maximum atomic E-state index is 15.3. The summed E-state index contributed by atoms with van der Waals surface area (Å²) in [7, 11) is 3.45. The molecule has 6 nitrogen and oxygen atoms in total. The van der Waals surface area contributed by atoms with Crippen LogP contribution >= 0.6 is 11.6 Å². The fraction of sp³-hybridized carbons (Fsp3) is 0.533. The first-order valence-corrected chi connectivity index (χ1v) is 13.8. The normalized spacial score (nSPS) is 21.8. The number of carbonyl (C=O) groups excluding carboxylic acids is 2. The van der Waals surface area contributed by atoms with Gasteiger partial charge in [0, 0.05) is 45.2 Å². The molecule has 1 saturated carbocycles. The van der Waals surface area contributed by atoms with Gasteiger partial charge in [0.15, 0.2) is 0 Å². The van der Waals surface area contributed by atoms with E-state index in [2.05, 4.69) is 12.1 Å². The van der Waals surface area contributed by atoms with E-state index in [1.807, 2.05) is 37.8 Å². The van der Waals surface area contributed by atoms with E-state index < -0.39 is 5.60 Å². The number of hydrogen-bond donors (Lipinski definition) is 0. The molecule has 0 spiro atoms. The highest BCUT2D eigenvalue weighted by Gasteiger charge is 2.33. The fourth-order valence-corrected chi connectivity index (χ4v) is 5.66. The molecule has 1 unspecified atom stereocenters. The van der Waals surface area contributed by atoms with Gasteiger partial charge >= 0.3 is 6.09 Å². The van der Waals surface area contributed by atoms with Gasteiger partial charge < -0.3 is 19.4 Å². The number of benzene rings is 2. The monoisotopic (exact) mass is 545 g/mol. The molecule has 208 valence electrons. The number of nitrogens with zero attached hydrogens (tertiary/aromatic N) is 3. The third kappa shape index (κ3) is 6.60. The van der Waals surface area contributed by atoms with Crippen LogP contribution in [0, 0.1) is 11.7 Å². The Morgan fingerprint density at radius 1 is 1.03 bits per heavy atom. The summed E-state index contributed by atoms with van der Waals surface area (Å²) in [6.45, 7) is 6.68. The van der Waals surface area contributed by atoms with Crippen LogP contribution in [-0.4, -0.2) is 55.7 Å². The SMILES string of the molecule is CN(C(=O)C1CCC(c2ccc(Cl)cc2)CC1)c1ccc(N2CCC(N(C)C(=O)OC(C)(C)C)C2)c(F)c1.[HH]. The minimum absolute atomic E-state index is 0. The smallest absolute Gasteiger partial charge is 0.410 e. The van der Waals surface area contributed by atoms with Crippen molar-refractivity contribution in [1.82, 2.24) is 4.90 Å². The lowest BCUT2D eigenvalue weighted by Crippen LogP contribution is -2.42. The minimum atomic E-state index is -0.564. The molecule has 0 bridgehead atoms. The summed E-state index contributed by atoms with van der Waals surface area (Å²) in [5, 5.41) is 0.732. The molecule has 1 atom stereocenters. The van der Waals surface area contributed by atoms with E-state index >= 15 is 4.39 Å². The summed E-state index contributed by atoms with van der Waals surface area (Å²) in [5.41, 5.74) is 1.74. The van der Waals surface area contributed by atoms with Crippen molar-refractivity contribution in [3.8, 4) is 0 Å². The molecule has 2 aromatic rings. The zero-order valence-electron chi connectivity index (χ0n) is 23.0. The van der Waals surface area contributed by atoms with Gasteiger partial charge in [0.05, 0.1) is 11.7 Å². The van der Waals surface area contributed by atoms with Crippen LogP contribution in [0.4, 0.5) is 20.6 Å². The quantitative estimate of drug-likeness (QED) is 0.402. The molecule has 1 aliphatic carbocycles. The standard InChI is InChI=1S/C30H39ClFN3O3.H2/c1-30(2,3)38-29(37)34(5)25-16-17-35(19-25)27-15-14-24(18-26(27)32)33(4)28(36)22-8-6-20(7-9-22)21-10-12-23(31)13-11-21;/h10-15,18,20,22,25H,6-9,16-17,19H2,1-5H3;1H. The highest BCUT2D eigenvalue weighted by Crippen LogP contribution is 2.37. The lowest BCUT2D eigenvalue weighted by atomic mass is 9.78. The molecule has 2 aliphatic rings. The Balaban J connectivity index is 0.00000420. The lowest BCUT2D eigenvalue weighted by Gasteiger charge is -2.31. The van der Waals surface area contributed by atoms with Gasteiger partial charge in [0.25, 0.3) is 0 Å². The van der Waals surface area contributed by atoms with Crippen LogP contribution in [0.15, 0.2) is 42.5 Å². The number of carbonyl (C=O) groups is 2. The molecule has 2 fully saturated rings. The van der Waals surface area contributed by atoms with Gasteiger partial charge in [0.1, 0.15) is 11.4 Å². The van der Waals surface area contributed by atoms with Crippen molar-refractivity contribution < 1.29 is 20.1 Å². The third-order valence-electron chi connectivity index (χ3n) is 7.80. The number of amides is 2. The van der Waals surface area contributed by atoms with Crippen LogP contribution < -0.4 is 9.80 Å². The fourth-order valence-electron chi connectivity index (χ4n) is 5.53. The first kappa shape index (κ1) is 28.2. The van der Waals surface area contributed by atoms with E-state index in [4.69, 9.17) is 16.3 Å². The van der Waals surface area contributed by atoms with E-state index in [0.29, 0.717) is 30.4 Å². The lowest BCUT2D eigenvalue weighted by molar-refractivity contribution is -0.123. The Kier molecular flexibility index (Phi) is 8.55. The Morgan fingerprint density at radius 2 is 1.68 bits per heavy atom. The van der Waals surface area contributed by atoms with Gasteiger partial charge in [-0.3, -0.25) is 4.79 Å². The molecule has 0 N–H and O–H groups in total. The molecule has 1 heterocycles. The summed E-state index contributed by atoms with van der Waals surface area (Å²) >= 11 is 6.02. The van der Waals surface area contributed by atoms with Crippen molar-refractivity contribution in [1.29, 1.82) is 0 Å². The van der Waals surface area contributed by atoms with Crippen molar-refractivity contribution in [3.05, 3.63) is 58.9 Å². The molecule has 38 heavy (non-hydrogen) atoms. The zero-order valence-corrected chi connectivity index (χ0v) is 23.8. The maximum absolute atomic E-state index is 15.3. The van der Waals surface area contributed by atoms with E-state index in [0.717, 1.165) is 37.1 Å². The van der Waals surface area contributed by atoms with Gasteiger partial charge in [-0.1, -0.05) is 23.7 Å². The highest BCUT2D eigenvalue weighted by atomic mass is 35.5. The molecule has 4 rings (SSSR count). The molecular formula is C30H41ClFN3O3. The molecule has 8 heteroatoms. The Hall–Kier alpha value is -2.80. The Bertz CT molecular complexity index is 1150. The summed E-state index contributed by atoms with van der Waals surface area (Å²) in [5.74, 6) is 0.0483. The summed E-state index contributed by atoms with van der Waals surface area (Å²) in [6, 6.07) is 12.9. The van der Waals surface area contributed by atoms with E-state index in [1.54, 1.807) is 36.0 Å². The zero-order chi connectivity index (χ0) is 27.6. The molecule has 2 aromatic carbocycles. The van der Waals surface area contributed by atoms with Crippen molar-refractivity contribution in [3.63, 3.8) is 0 Å². The second kappa shape index (κ2) is 11.5. The highest BCUT2D eigenvalue weighted by molar-refractivity contribution is 6.30. The predicted molar refractivity (Wildman–Crippen MR) is 153 cm³/mol. The van der Waals surface area contributed by atoms with Crippen LogP contribution in [0.5, 0.6) is 0 Å².